The van der Waals surface area contributed by atoms with Crippen LogP contribution in [0, 0.1) is 20.2 Å². The van der Waals surface area contributed by atoms with E-state index >= 15 is 0 Å². The lowest BCUT2D eigenvalue weighted by molar-refractivity contribution is -0.396. The van der Waals surface area contributed by atoms with E-state index in [9.17, 15) is 32.9 Å². The number of sulfone groups is 1. The lowest BCUT2D eigenvalue weighted by Crippen LogP contribution is -2.02. The summed E-state index contributed by atoms with van der Waals surface area (Å²) in [6, 6.07) is 7.83. The fraction of sp³-hybridized carbons (Fsp3) is 0.0769. The van der Waals surface area contributed by atoms with Crippen LogP contribution in [0.4, 0.5) is 11.4 Å². The molecule has 0 saturated heterocycles. The van der Waals surface area contributed by atoms with Crippen LogP contribution in [0.1, 0.15) is 0 Å². The van der Waals surface area contributed by atoms with Gasteiger partial charge >= 0.3 is 0 Å². The Bertz CT molecular complexity index is 953. The third-order valence-corrected chi connectivity index (χ3v) is 5.59. The second kappa shape index (κ2) is 6.45. The van der Waals surface area contributed by atoms with Crippen LogP contribution >= 0.6 is 0 Å². The van der Waals surface area contributed by atoms with E-state index in [-0.39, 0.29) is 14.7 Å². The number of nitro groups is 2. The number of hydrogen-bond donors (Lipinski definition) is 0. The Balaban J connectivity index is 2.50. The van der Waals surface area contributed by atoms with Gasteiger partial charge < -0.3 is 0 Å². The molecule has 0 heterocycles. The number of benzene rings is 2. The van der Waals surface area contributed by atoms with Gasteiger partial charge in [0.05, 0.1) is 31.6 Å². The SMILES string of the molecule is CS(=O)(=O)c1ccc([S@@](=O)c2ccc([N+](=O)[O-])cc2[N+](=O)[O-])cc1. The van der Waals surface area contributed by atoms with Gasteiger partial charge in [-0.25, -0.2) is 12.6 Å². The minimum Gasteiger partial charge on any atom is -0.258 e. The normalized spacial score (nSPS) is 12.5. The molecule has 0 amide bonds. The summed E-state index contributed by atoms with van der Waals surface area (Å²) in [5.41, 5.74) is -1.13. The molecular weight excluding hydrogens is 360 g/mol. The van der Waals surface area contributed by atoms with Crippen LogP contribution in [0.5, 0.6) is 0 Å². The van der Waals surface area contributed by atoms with Gasteiger partial charge in [-0.2, -0.15) is 0 Å². The van der Waals surface area contributed by atoms with Crippen molar-refractivity contribution in [2.45, 2.75) is 14.7 Å². The highest BCUT2D eigenvalue weighted by atomic mass is 32.2. The van der Waals surface area contributed by atoms with Crippen LogP contribution < -0.4 is 0 Å². The van der Waals surface area contributed by atoms with E-state index in [1.54, 1.807) is 0 Å². The number of non-ortho nitro benzene ring substituents is 1. The monoisotopic (exact) mass is 370 g/mol. The van der Waals surface area contributed by atoms with Gasteiger partial charge in [-0.1, -0.05) is 0 Å². The van der Waals surface area contributed by atoms with Crippen LogP contribution in [0.25, 0.3) is 0 Å². The van der Waals surface area contributed by atoms with Crippen LogP contribution in [-0.4, -0.2) is 28.7 Å². The molecule has 0 spiro atoms. The van der Waals surface area contributed by atoms with E-state index in [0.717, 1.165) is 24.5 Å². The standard InChI is InChI=1S/C13H10N2O7S2/c1-24(21,22)11-5-3-10(4-6-11)23(20)13-7-2-9(14(16)17)8-12(13)15(18)19/h2-8H,1H3/t23-/m1/s1. The summed E-state index contributed by atoms with van der Waals surface area (Å²) in [6.07, 6.45) is 1.01. The first-order valence-electron chi connectivity index (χ1n) is 6.26. The number of hydrogen-bond acceptors (Lipinski definition) is 7. The molecule has 11 heteroatoms. The van der Waals surface area contributed by atoms with Gasteiger partial charge in [0.25, 0.3) is 11.4 Å². The largest absolute Gasteiger partial charge is 0.292 e. The van der Waals surface area contributed by atoms with E-state index < -0.39 is 41.9 Å². The predicted molar refractivity (Wildman–Crippen MR) is 84.0 cm³/mol. The third kappa shape index (κ3) is 3.63. The molecule has 2 aromatic rings. The Kier molecular flexibility index (Phi) is 4.76. The van der Waals surface area contributed by atoms with Crippen molar-refractivity contribution >= 4 is 32.0 Å². The molecule has 0 N–H and O–H groups in total. The molecular formula is C13H10N2O7S2. The predicted octanol–water partition coefficient (Wildman–Crippen LogP) is 2.07. The molecule has 0 saturated carbocycles. The quantitative estimate of drug-likeness (QED) is 0.580. The van der Waals surface area contributed by atoms with Gasteiger partial charge in [-0.3, -0.25) is 20.2 Å². The summed E-state index contributed by atoms with van der Waals surface area (Å²) >= 11 is 0. The first-order valence-corrected chi connectivity index (χ1v) is 9.30. The molecule has 0 fully saturated rings. The Morgan fingerprint density at radius 3 is 2.00 bits per heavy atom. The van der Waals surface area contributed by atoms with Crippen molar-refractivity contribution in [2.75, 3.05) is 6.26 Å². The molecule has 2 aromatic carbocycles. The van der Waals surface area contributed by atoms with Gasteiger partial charge in [0, 0.05) is 17.2 Å². The first kappa shape index (κ1) is 17.7. The highest BCUT2D eigenvalue weighted by Crippen LogP contribution is 2.30. The molecule has 0 aliphatic rings. The van der Waals surface area contributed by atoms with E-state index in [2.05, 4.69) is 0 Å². The number of nitrogens with zero attached hydrogens (tertiary/aromatic N) is 2. The average molecular weight is 370 g/mol. The van der Waals surface area contributed by atoms with Crippen LogP contribution in [0.3, 0.4) is 0 Å². The Morgan fingerprint density at radius 2 is 1.54 bits per heavy atom. The van der Waals surface area contributed by atoms with Gasteiger partial charge in [0.2, 0.25) is 0 Å². The minimum absolute atomic E-state index is 0.0152. The smallest absolute Gasteiger partial charge is 0.258 e. The Morgan fingerprint density at radius 1 is 0.958 bits per heavy atom. The van der Waals surface area contributed by atoms with E-state index in [0.29, 0.717) is 0 Å². The molecule has 0 unspecified atom stereocenters. The van der Waals surface area contributed by atoms with E-state index in [4.69, 9.17) is 0 Å². The second-order valence-corrected chi connectivity index (χ2v) is 8.14. The zero-order valence-electron chi connectivity index (χ0n) is 12.1. The number of rotatable bonds is 5. The summed E-state index contributed by atoms with van der Waals surface area (Å²) in [7, 11) is -5.42. The van der Waals surface area contributed by atoms with Crippen LogP contribution in [0.15, 0.2) is 57.2 Å². The van der Waals surface area contributed by atoms with Gasteiger partial charge in [0.15, 0.2) is 9.84 Å². The molecule has 0 aliphatic carbocycles. The van der Waals surface area contributed by atoms with Crippen molar-refractivity contribution in [3.05, 3.63) is 62.7 Å². The van der Waals surface area contributed by atoms with Crippen LogP contribution in [0.2, 0.25) is 0 Å². The zero-order chi connectivity index (χ0) is 18.1. The highest BCUT2D eigenvalue weighted by molar-refractivity contribution is 7.90. The van der Waals surface area contributed by atoms with Crippen molar-refractivity contribution in [3.63, 3.8) is 0 Å². The second-order valence-electron chi connectivity index (χ2n) is 4.68. The van der Waals surface area contributed by atoms with Crippen LogP contribution in [-0.2, 0) is 20.6 Å². The summed E-state index contributed by atoms with van der Waals surface area (Å²) < 4.78 is 35.3. The average Bonchev–Trinajstić information content (AvgIpc) is 2.52. The lowest BCUT2D eigenvalue weighted by atomic mass is 10.3. The number of nitro benzene ring substituents is 2. The van der Waals surface area contributed by atoms with E-state index in [1.165, 1.54) is 24.3 Å². The van der Waals surface area contributed by atoms with Crippen molar-refractivity contribution < 1.29 is 22.5 Å². The Hall–Kier alpha value is -2.66. The molecule has 9 nitrogen and oxygen atoms in total. The molecule has 0 radical (unpaired) electrons. The molecule has 24 heavy (non-hydrogen) atoms. The summed E-state index contributed by atoms with van der Waals surface area (Å²) in [5.74, 6) is 0. The van der Waals surface area contributed by atoms with Crippen molar-refractivity contribution in [3.8, 4) is 0 Å². The fourth-order valence-electron chi connectivity index (χ4n) is 1.86. The lowest BCUT2D eigenvalue weighted by Gasteiger charge is -2.05. The summed E-state index contributed by atoms with van der Waals surface area (Å²) in [6.45, 7) is 0. The molecule has 2 rings (SSSR count). The summed E-state index contributed by atoms with van der Waals surface area (Å²) in [4.78, 5) is 20.1. The van der Waals surface area contributed by atoms with Gasteiger partial charge in [-0.05, 0) is 30.3 Å². The molecule has 126 valence electrons. The maximum absolute atomic E-state index is 12.5. The van der Waals surface area contributed by atoms with Crippen molar-refractivity contribution in [1.29, 1.82) is 0 Å². The zero-order valence-corrected chi connectivity index (χ0v) is 13.7. The summed E-state index contributed by atoms with van der Waals surface area (Å²) in [5, 5.41) is 21.8. The molecule has 0 aliphatic heterocycles. The molecule has 1 atom stereocenters. The maximum atomic E-state index is 12.5. The maximum Gasteiger partial charge on any atom is 0.292 e. The van der Waals surface area contributed by atoms with E-state index in [1.807, 2.05) is 0 Å². The molecule has 0 aromatic heterocycles. The van der Waals surface area contributed by atoms with Crippen molar-refractivity contribution in [2.24, 2.45) is 0 Å². The first-order chi connectivity index (χ1) is 11.1. The van der Waals surface area contributed by atoms with Gasteiger partial charge in [0.1, 0.15) is 4.90 Å². The van der Waals surface area contributed by atoms with Gasteiger partial charge in [-0.15, -0.1) is 0 Å². The van der Waals surface area contributed by atoms with Crippen molar-refractivity contribution in [1.82, 2.24) is 0 Å². The molecule has 0 bridgehead atoms. The highest BCUT2D eigenvalue weighted by Gasteiger charge is 2.24. The topological polar surface area (TPSA) is 137 Å². The minimum atomic E-state index is -3.43. The fourth-order valence-corrected chi connectivity index (χ4v) is 3.64. The Labute approximate surface area is 138 Å². The third-order valence-electron chi connectivity index (χ3n) is 3.02.